The number of halogens is 1. The normalized spacial score (nSPS) is 26.0. The van der Waals surface area contributed by atoms with Crippen LogP contribution in [0.25, 0.3) is 0 Å². The van der Waals surface area contributed by atoms with Crippen LogP contribution in [0.15, 0.2) is 11.6 Å². The summed E-state index contributed by atoms with van der Waals surface area (Å²) in [6, 6.07) is 0. The summed E-state index contributed by atoms with van der Waals surface area (Å²) in [6.45, 7) is 0.877. The second-order valence-electron chi connectivity index (χ2n) is 3.21. The molecule has 0 spiro atoms. The molecule has 0 aromatic rings. The summed E-state index contributed by atoms with van der Waals surface area (Å²) in [5.41, 5.74) is 7.26. The van der Waals surface area contributed by atoms with Crippen molar-refractivity contribution >= 4 is 22.6 Å². The minimum absolute atomic E-state index is 0.784. The van der Waals surface area contributed by atoms with Crippen LogP contribution in [0.3, 0.4) is 0 Å². The first-order chi connectivity index (χ1) is 5.36. The molecular weight excluding hydrogens is 249 g/mol. The van der Waals surface area contributed by atoms with Crippen molar-refractivity contribution in [3.05, 3.63) is 11.6 Å². The fourth-order valence-electron chi connectivity index (χ4n) is 1.52. The van der Waals surface area contributed by atoms with E-state index in [1.807, 2.05) is 0 Å². The lowest BCUT2D eigenvalue weighted by Crippen LogP contribution is -2.13. The molecule has 0 saturated carbocycles. The molecule has 1 unspecified atom stereocenters. The third-order valence-corrected chi connectivity index (χ3v) is 3.37. The number of hydrogen-bond donors (Lipinski definition) is 1. The minimum atomic E-state index is 0.784. The lowest BCUT2D eigenvalue weighted by Gasteiger charge is -2.09. The van der Waals surface area contributed by atoms with Gasteiger partial charge in [-0.05, 0) is 38.1 Å². The Bertz CT molecular complexity index is 142. The maximum Gasteiger partial charge on any atom is 0.0205 e. The van der Waals surface area contributed by atoms with Gasteiger partial charge in [0.05, 0.1) is 0 Å². The van der Waals surface area contributed by atoms with Crippen molar-refractivity contribution in [3.63, 3.8) is 0 Å². The highest BCUT2D eigenvalue weighted by molar-refractivity contribution is 14.1. The molecule has 0 aliphatic heterocycles. The summed E-state index contributed by atoms with van der Waals surface area (Å²) in [7, 11) is 0. The van der Waals surface area contributed by atoms with Gasteiger partial charge in [0, 0.05) is 4.43 Å². The summed E-state index contributed by atoms with van der Waals surface area (Å²) >= 11 is 2.44. The zero-order valence-electron chi connectivity index (χ0n) is 6.85. The highest BCUT2D eigenvalue weighted by Gasteiger charge is 2.10. The van der Waals surface area contributed by atoms with Crippen molar-refractivity contribution in [2.45, 2.75) is 25.7 Å². The summed E-state index contributed by atoms with van der Waals surface area (Å²) in [5.74, 6) is 0.784. The Labute approximate surface area is 82.6 Å². The lowest BCUT2D eigenvalue weighted by molar-refractivity contribution is 0.476. The third-order valence-electron chi connectivity index (χ3n) is 2.39. The molecule has 0 fully saturated rings. The van der Waals surface area contributed by atoms with Gasteiger partial charge in [-0.2, -0.15) is 0 Å². The monoisotopic (exact) mass is 265 g/mol. The first kappa shape index (κ1) is 9.52. The van der Waals surface area contributed by atoms with Crippen LogP contribution < -0.4 is 5.73 Å². The predicted molar refractivity (Wildman–Crippen MR) is 58.0 cm³/mol. The fourth-order valence-corrected chi connectivity index (χ4v) is 2.21. The molecule has 2 heteroatoms. The number of alkyl halides is 1. The van der Waals surface area contributed by atoms with E-state index >= 15 is 0 Å². The van der Waals surface area contributed by atoms with Crippen LogP contribution in [0.4, 0.5) is 0 Å². The van der Waals surface area contributed by atoms with E-state index in [-0.39, 0.29) is 0 Å². The van der Waals surface area contributed by atoms with Gasteiger partial charge < -0.3 is 5.73 Å². The van der Waals surface area contributed by atoms with Gasteiger partial charge in [-0.1, -0.05) is 34.2 Å². The molecule has 2 N–H and O–H groups in total. The Balaban J connectivity index is 2.37. The molecular formula is C9H16IN. The largest absolute Gasteiger partial charge is 0.330 e. The first-order valence-electron chi connectivity index (χ1n) is 4.30. The predicted octanol–water partition coefficient (Wildman–Crippen LogP) is 2.50. The molecule has 1 aliphatic rings. The molecule has 0 radical (unpaired) electrons. The Morgan fingerprint density at radius 1 is 1.55 bits per heavy atom. The fraction of sp³-hybridized carbons (Fsp3) is 0.778. The van der Waals surface area contributed by atoms with Gasteiger partial charge >= 0.3 is 0 Å². The topological polar surface area (TPSA) is 26.0 Å². The van der Waals surface area contributed by atoms with Gasteiger partial charge in [0.2, 0.25) is 0 Å². The van der Waals surface area contributed by atoms with Crippen LogP contribution in [-0.2, 0) is 0 Å². The minimum Gasteiger partial charge on any atom is -0.330 e. The summed E-state index contributed by atoms with van der Waals surface area (Å²) < 4.78 is 1.20. The van der Waals surface area contributed by atoms with Crippen molar-refractivity contribution in [2.24, 2.45) is 11.7 Å². The second kappa shape index (κ2) is 5.14. The maximum absolute atomic E-state index is 5.63. The van der Waals surface area contributed by atoms with E-state index in [2.05, 4.69) is 28.7 Å². The number of nitrogens with two attached hydrogens (primary N) is 1. The van der Waals surface area contributed by atoms with Crippen molar-refractivity contribution in [2.75, 3.05) is 11.0 Å². The molecule has 0 aromatic heterocycles. The molecule has 1 rings (SSSR count). The van der Waals surface area contributed by atoms with Crippen LogP contribution in [0.1, 0.15) is 25.7 Å². The molecule has 0 bridgehead atoms. The van der Waals surface area contributed by atoms with Gasteiger partial charge in [-0.25, -0.2) is 0 Å². The van der Waals surface area contributed by atoms with E-state index < -0.39 is 0 Å². The van der Waals surface area contributed by atoms with Gasteiger partial charge in [0.25, 0.3) is 0 Å². The summed E-state index contributed by atoms with van der Waals surface area (Å²) in [5, 5.41) is 0. The van der Waals surface area contributed by atoms with E-state index in [1.165, 1.54) is 30.1 Å². The molecule has 0 amide bonds. The molecule has 1 nitrogen and oxygen atoms in total. The van der Waals surface area contributed by atoms with Crippen LogP contribution in [-0.4, -0.2) is 11.0 Å². The van der Waals surface area contributed by atoms with E-state index in [9.17, 15) is 0 Å². The van der Waals surface area contributed by atoms with Crippen molar-refractivity contribution < 1.29 is 0 Å². The first-order valence-corrected chi connectivity index (χ1v) is 5.83. The van der Waals surface area contributed by atoms with Crippen LogP contribution in [0, 0.1) is 5.92 Å². The molecule has 0 heterocycles. The van der Waals surface area contributed by atoms with Crippen molar-refractivity contribution in [1.82, 2.24) is 0 Å². The highest BCUT2D eigenvalue weighted by Crippen LogP contribution is 2.22. The molecule has 64 valence electrons. The Hall–Kier alpha value is 0.430. The standard InChI is InChI=1S/C9H16IN/c10-6-8-2-1-3-9(7-11)5-4-8/h2,9H,1,3-7,11H2. The average molecular weight is 265 g/mol. The van der Waals surface area contributed by atoms with Gasteiger partial charge in [0.15, 0.2) is 0 Å². The van der Waals surface area contributed by atoms with Gasteiger partial charge in [-0.3, -0.25) is 0 Å². The molecule has 0 aromatic carbocycles. The van der Waals surface area contributed by atoms with E-state index in [1.54, 1.807) is 5.57 Å². The second-order valence-corrected chi connectivity index (χ2v) is 3.98. The average Bonchev–Trinajstić information content (AvgIpc) is 2.28. The zero-order chi connectivity index (χ0) is 8.10. The van der Waals surface area contributed by atoms with Crippen molar-refractivity contribution in [3.8, 4) is 0 Å². The Morgan fingerprint density at radius 2 is 2.36 bits per heavy atom. The smallest absolute Gasteiger partial charge is 0.0205 e. The van der Waals surface area contributed by atoms with Gasteiger partial charge in [0.1, 0.15) is 0 Å². The zero-order valence-corrected chi connectivity index (χ0v) is 9.01. The van der Waals surface area contributed by atoms with Crippen LogP contribution in [0.2, 0.25) is 0 Å². The van der Waals surface area contributed by atoms with Crippen molar-refractivity contribution in [1.29, 1.82) is 0 Å². The van der Waals surface area contributed by atoms with Crippen LogP contribution >= 0.6 is 22.6 Å². The number of hydrogen-bond acceptors (Lipinski definition) is 1. The summed E-state index contributed by atoms with van der Waals surface area (Å²) in [6.07, 6.45) is 7.55. The lowest BCUT2D eigenvalue weighted by atomic mass is 10.00. The van der Waals surface area contributed by atoms with E-state index in [0.717, 1.165) is 12.5 Å². The molecule has 1 aliphatic carbocycles. The molecule has 1 atom stereocenters. The quantitative estimate of drug-likeness (QED) is 0.463. The Morgan fingerprint density at radius 3 is 3.00 bits per heavy atom. The van der Waals surface area contributed by atoms with E-state index in [0.29, 0.717) is 0 Å². The molecule has 11 heavy (non-hydrogen) atoms. The highest BCUT2D eigenvalue weighted by atomic mass is 127. The van der Waals surface area contributed by atoms with Gasteiger partial charge in [-0.15, -0.1) is 0 Å². The Kier molecular flexibility index (Phi) is 4.45. The number of allylic oxidation sites excluding steroid dienone is 2. The van der Waals surface area contributed by atoms with E-state index in [4.69, 9.17) is 5.73 Å². The SMILES string of the molecule is NCC1CCC=C(CI)CC1. The third kappa shape index (κ3) is 3.11. The summed E-state index contributed by atoms with van der Waals surface area (Å²) in [4.78, 5) is 0. The van der Waals surface area contributed by atoms with Crippen LogP contribution in [0.5, 0.6) is 0 Å². The molecule has 0 saturated heterocycles. The number of rotatable bonds is 2. The maximum atomic E-state index is 5.63.